The Bertz CT molecular complexity index is 788. The van der Waals surface area contributed by atoms with Crippen molar-refractivity contribution in [3.8, 4) is 11.9 Å². The van der Waals surface area contributed by atoms with E-state index in [1.165, 1.54) is 0 Å². The smallest absolute Gasteiger partial charge is 0.204 e. The van der Waals surface area contributed by atoms with Crippen molar-refractivity contribution in [3.63, 3.8) is 0 Å². The molecule has 10 heteroatoms. The summed E-state index contributed by atoms with van der Waals surface area (Å²) in [6.45, 7) is 3.35. The second-order valence-corrected chi connectivity index (χ2v) is 7.84. The fraction of sp³-hybridized carbons (Fsp3) is 0.444. The lowest BCUT2D eigenvalue weighted by Crippen LogP contribution is -2.36. The number of H-pyrrole nitrogens is 1. The number of rotatable bonds is 11. The van der Waals surface area contributed by atoms with Crippen molar-refractivity contribution in [2.45, 2.75) is 18.4 Å². The van der Waals surface area contributed by atoms with Crippen molar-refractivity contribution in [1.82, 2.24) is 25.6 Å². The van der Waals surface area contributed by atoms with E-state index in [0.29, 0.717) is 19.0 Å². The average molecular weight is 420 g/mol. The van der Waals surface area contributed by atoms with E-state index in [0.717, 1.165) is 45.8 Å². The molecule has 0 saturated heterocycles. The van der Waals surface area contributed by atoms with Crippen LogP contribution in [0.1, 0.15) is 17.1 Å². The minimum Gasteiger partial charge on any atom is -0.495 e. The first-order valence-electron chi connectivity index (χ1n) is 8.80. The van der Waals surface area contributed by atoms with E-state index in [2.05, 4.69) is 30.6 Å². The maximum atomic E-state index is 8.88. The molecule has 0 bridgehead atoms. The highest BCUT2D eigenvalue weighted by atomic mass is 32.2. The van der Waals surface area contributed by atoms with Crippen LogP contribution in [0.2, 0.25) is 0 Å². The Morgan fingerprint density at radius 2 is 2.11 bits per heavy atom. The molecule has 2 aromatic heterocycles. The third kappa shape index (κ3) is 7.70. The molecule has 0 spiro atoms. The fourth-order valence-corrected chi connectivity index (χ4v) is 3.89. The van der Waals surface area contributed by atoms with Crippen molar-refractivity contribution in [2.24, 2.45) is 4.99 Å². The molecule has 150 valence electrons. The van der Waals surface area contributed by atoms with Crippen molar-refractivity contribution < 1.29 is 4.74 Å². The first-order valence-corrected chi connectivity index (χ1v) is 11.1. The van der Waals surface area contributed by atoms with Gasteiger partial charge in [0.2, 0.25) is 5.96 Å². The lowest BCUT2D eigenvalue weighted by atomic mass is 10.3. The Morgan fingerprint density at radius 1 is 1.29 bits per heavy atom. The van der Waals surface area contributed by atoms with Crippen LogP contribution in [-0.4, -0.2) is 52.6 Å². The van der Waals surface area contributed by atoms with Crippen LogP contribution in [-0.2, 0) is 11.5 Å². The zero-order valence-electron chi connectivity index (χ0n) is 16.1. The molecule has 0 atom stereocenters. The predicted molar refractivity (Wildman–Crippen MR) is 115 cm³/mol. The lowest BCUT2D eigenvalue weighted by Gasteiger charge is -2.09. The van der Waals surface area contributed by atoms with Crippen LogP contribution in [0.15, 0.2) is 29.6 Å². The molecule has 0 unspecified atom stereocenters. The van der Waals surface area contributed by atoms with Crippen LogP contribution in [0.4, 0.5) is 0 Å². The summed E-state index contributed by atoms with van der Waals surface area (Å²) in [5.41, 5.74) is 3.11. The van der Waals surface area contributed by atoms with Gasteiger partial charge in [0, 0.05) is 41.4 Å². The van der Waals surface area contributed by atoms with E-state index < -0.39 is 0 Å². The molecule has 0 amide bonds. The molecule has 0 aliphatic heterocycles. The Labute approximate surface area is 174 Å². The van der Waals surface area contributed by atoms with Gasteiger partial charge in [-0.1, -0.05) is 0 Å². The number of hydrogen-bond acceptors (Lipinski definition) is 7. The molecule has 0 aliphatic rings. The van der Waals surface area contributed by atoms with E-state index in [4.69, 9.17) is 10.00 Å². The highest BCUT2D eigenvalue weighted by Gasteiger charge is 2.04. The minimum absolute atomic E-state index is 0.509. The Kier molecular flexibility index (Phi) is 10.1. The van der Waals surface area contributed by atoms with Gasteiger partial charge in [-0.25, -0.2) is 4.98 Å². The molecule has 0 aromatic carbocycles. The predicted octanol–water partition coefficient (Wildman–Crippen LogP) is 2.30. The summed E-state index contributed by atoms with van der Waals surface area (Å²) in [6, 6.07) is 3.77. The minimum atomic E-state index is 0.509. The number of aliphatic imine (C=N–C) groups is 1. The third-order valence-corrected chi connectivity index (χ3v) is 5.62. The van der Waals surface area contributed by atoms with Crippen LogP contribution in [0.25, 0.3) is 0 Å². The van der Waals surface area contributed by atoms with Crippen molar-refractivity contribution >= 4 is 29.5 Å². The molecular weight excluding hydrogens is 394 g/mol. The number of methoxy groups -OCH3 is 1. The SMILES string of the molecule is COc1cccnc1CSCCN/C(=N/CCSCc1nc[nH]c1C)NC#N. The number of aryl methyl sites for hydroxylation is 1. The van der Waals surface area contributed by atoms with Crippen LogP contribution >= 0.6 is 23.5 Å². The van der Waals surface area contributed by atoms with E-state index in [9.17, 15) is 0 Å². The van der Waals surface area contributed by atoms with Crippen molar-refractivity contribution in [2.75, 3.05) is 31.7 Å². The molecule has 28 heavy (non-hydrogen) atoms. The van der Waals surface area contributed by atoms with Crippen LogP contribution in [0, 0.1) is 18.4 Å². The van der Waals surface area contributed by atoms with Crippen molar-refractivity contribution in [1.29, 1.82) is 5.26 Å². The summed E-state index contributed by atoms with van der Waals surface area (Å²) >= 11 is 3.51. The number of hydrogen-bond donors (Lipinski definition) is 3. The number of aromatic amines is 1. The molecule has 8 nitrogen and oxygen atoms in total. The zero-order chi connectivity index (χ0) is 20.0. The van der Waals surface area contributed by atoms with Gasteiger partial charge in [-0.2, -0.15) is 28.8 Å². The Morgan fingerprint density at radius 3 is 2.86 bits per heavy atom. The van der Waals surface area contributed by atoms with Gasteiger partial charge in [0.1, 0.15) is 5.75 Å². The second-order valence-electron chi connectivity index (χ2n) is 5.63. The van der Waals surface area contributed by atoms with Gasteiger partial charge in [-0.3, -0.25) is 15.3 Å². The first kappa shape index (κ1) is 21.9. The van der Waals surface area contributed by atoms with Gasteiger partial charge in [0.05, 0.1) is 31.4 Å². The van der Waals surface area contributed by atoms with E-state index in [1.807, 2.05) is 25.2 Å². The monoisotopic (exact) mass is 419 g/mol. The molecule has 3 N–H and O–H groups in total. The van der Waals surface area contributed by atoms with Gasteiger partial charge < -0.3 is 15.0 Å². The number of imidazole rings is 1. The Balaban J connectivity index is 1.64. The topological polar surface area (TPSA) is 111 Å². The summed E-state index contributed by atoms with van der Waals surface area (Å²) in [7, 11) is 1.65. The molecule has 0 saturated carbocycles. The third-order valence-electron chi connectivity index (χ3n) is 3.70. The number of ether oxygens (including phenoxy) is 1. The lowest BCUT2D eigenvalue weighted by molar-refractivity contribution is 0.409. The largest absolute Gasteiger partial charge is 0.495 e. The maximum absolute atomic E-state index is 8.88. The number of guanidine groups is 1. The quantitative estimate of drug-likeness (QED) is 0.167. The summed E-state index contributed by atoms with van der Waals surface area (Å²) in [6.07, 6.45) is 5.40. The van der Waals surface area contributed by atoms with Gasteiger partial charge in [0.15, 0.2) is 6.19 Å². The van der Waals surface area contributed by atoms with Crippen LogP contribution in [0.5, 0.6) is 5.75 Å². The molecule has 2 rings (SSSR count). The first-order chi connectivity index (χ1) is 13.7. The summed E-state index contributed by atoms with van der Waals surface area (Å²) in [5, 5.41) is 14.6. The number of thioether (sulfide) groups is 2. The number of nitrogens with zero attached hydrogens (tertiary/aromatic N) is 4. The normalized spacial score (nSPS) is 11.1. The maximum Gasteiger partial charge on any atom is 0.204 e. The zero-order valence-corrected chi connectivity index (χ0v) is 17.7. The molecule has 2 heterocycles. The molecular formula is C18H25N7OS2. The van der Waals surface area contributed by atoms with Gasteiger partial charge >= 0.3 is 0 Å². The molecule has 0 radical (unpaired) electrons. The highest BCUT2D eigenvalue weighted by Crippen LogP contribution is 2.19. The summed E-state index contributed by atoms with van der Waals surface area (Å²) in [5.74, 6) is 4.66. The summed E-state index contributed by atoms with van der Waals surface area (Å²) < 4.78 is 5.30. The van der Waals surface area contributed by atoms with Gasteiger partial charge in [-0.05, 0) is 19.1 Å². The Hall–Kier alpha value is -2.38. The van der Waals surface area contributed by atoms with Crippen molar-refractivity contribution in [3.05, 3.63) is 41.7 Å². The molecule has 0 fully saturated rings. The van der Waals surface area contributed by atoms with Crippen LogP contribution < -0.4 is 15.4 Å². The van der Waals surface area contributed by atoms with E-state index >= 15 is 0 Å². The fourth-order valence-electron chi connectivity index (χ4n) is 2.24. The molecule has 2 aromatic rings. The number of nitriles is 1. The van der Waals surface area contributed by atoms with Crippen LogP contribution in [0.3, 0.4) is 0 Å². The number of pyridine rings is 1. The highest BCUT2D eigenvalue weighted by molar-refractivity contribution is 7.98. The molecule has 0 aliphatic carbocycles. The average Bonchev–Trinajstić information content (AvgIpc) is 3.12. The van der Waals surface area contributed by atoms with E-state index in [-0.39, 0.29) is 0 Å². The second kappa shape index (κ2) is 12.9. The van der Waals surface area contributed by atoms with Gasteiger partial charge in [-0.15, -0.1) is 0 Å². The van der Waals surface area contributed by atoms with E-state index in [1.54, 1.807) is 43.2 Å². The number of nitrogens with one attached hydrogen (secondary N) is 3. The summed E-state index contributed by atoms with van der Waals surface area (Å²) in [4.78, 5) is 16.1. The number of aromatic nitrogens is 3. The van der Waals surface area contributed by atoms with Gasteiger partial charge in [0.25, 0.3) is 0 Å². The standard InChI is InChI=1S/C18H25N7OS2/c1-14-15(25-13-24-14)10-27-8-6-21-18(23-12-19)22-7-9-28-11-16-17(26-2)4-3-5-20-16/h3-5,13H,6-11H2,1-2H3,(H,24,25)(H2,21,22,23).